The summed E-state index contributed by atoms with van der Waals surface area (Å²) in [5, 5.41) is 6.84. The first-order valence-corrected chi connectivity index (χ1v) is 6.77. The molecule has 1 aromatic heterocycles. The number of hydrogen-bond donors (Lipinski definition) is 2. The Labute approximate surface area is 109 Å². The van der Waals surface area contributed by atoms with Crippen LogP contribution in [0.4, 0.5) is 11.6 Å². The van der Waals surface area contributed by atoms with Crippen LogP contribution in [0, 0.1) is 5.92 Å². The smallest absolute Gasteiger partial charge is 0.133 e. The molecule has 5 nitrogen and oxygen atoms in total. The topological polar surface area (TPSA) is 53.1 Å². The van der Waals surface area contributed by atoms with Crippen LogP contribution in [0.2, 0.25) is 0 Å². The van der Waals surface area contributed by atoms with Crippen LogP contribution in [-0.2, 0) is 0 Å². The Kier molecular flexibility index (Phi) is 4.75. The van der Waals surface area contributed by atoms with Gasteiger partial charge in [0, 0.05) is 26.2 Å². The van der Waals surface area contributed by atoms with Crippen molar-refractivity contribution in [1.82, 2.24) is 15.3 Å². The standard InChI is InChI=1S/C13H23N5/c1-3-18(2)13-7-12(16-10-17-13)15-9-11-5-4-6-14-8-11/h7,10-11,14H,3-6,8-9H2,1-2H3,(H,15,16,17). The number of aromatic nitrogens is 2. The van der Waals surface area contributed by atoms with Crippen LogP contribution in [-0.4, -0.2) is 43.2 Å². The molecule has 100 valence electrons. The Morgan fingerprint density at radius 3 is 3.11 bits per heavy atom. The van der Waals surface area contributed by atoms with Crippen molar-refractivity contribution < 1.29 is 0 Å². The van der Waals surface area contributed by atoms with Gasteiger partial charge in [0.1, 0.15) is 18.0 Å². The van der Waals surface area contributed by atoms with E-state index < -0.39 is 0 Å². The van der Waals surface area contributed by atoms with E-state index in [2.05, 4.69) is 32.4 Å². The molecule has 1 unspecified atom stereocenters. The molecule has 1 fully saturated rings. The van der Waals surface area contributed by atoms with Crippen molar-refractivity contribution >= 4 is 11.6 Å². The van der Waals surface area contributed by atoms with E-state index in [-0.39, 0.29) is 0 Å². The summed E-state index contributed by atoms with van der Waals surface area (Å²) in [6, 6.07) is 2.01. The number of hydrogen-bond acceptors (Lipinski definition) is 5. The zero-order chi connectivity index (χ0) is 12.8. The minimum absolute atomic E-state index is 0.709. The lowest BCUT2D eigenvalue weighted by Gasteiger charge is -2.23. The summed E-state index contributed by atoms with van der Waals surface area (Å²) in [4.78, 5) is 10.6. The zero-order valence-electron chi connectivity index (χ0n) is 11.3. The summed E-state index contributed by atoms with van der Waals surface area (Å²) < 4.78 is 0. The Balaban J connectivity index is 1.88. The predicted octanol–water partition coefficient (Wildman–Crippen LogP) is 1.34. The lowest BCUT2D eigenvalue weighted by Crippen LogP contribution is -2.33. The van der Waals surface area contributed by atoms with E-state index in [1.807, 2.05) is 13.1 Å². The van der Waals surface area contributed by atoms with Crippen molar-refractivity contribution in [3.63, 3.8) is 0 Å². The molecular formula is C13H23N5. The molecular weight excluding hydrogens is 226 g/mol. The van der Waals surface area contributed by atoms with E-state index in [4.69, 9.17) is 0 Å². The monoisotopic (exact) mass is 249 g/mol. The van der Waals surface area contributed by atoms with Crippen LogP contribution in [0.3, 0.4) is 0 Å². The van der Waals surface area contributed by atoms with E-state index in [9.17, 15) is 0 Å². The summed E-state index contributed by atoms with van der Waals surface area (Å²) in [6.45, 7) is 6.32. The van der Waals surface area contributed by atoms with Crippen LogP contribution >= 0.6 is 0 Å². The Hall–Kier alpha value is -1.36. The van der Waals surface area contributed by atoms with E-state index in [0.717, 1.165) is 37.8 Å². The second-order valence-electron chi connectivity index (χ2n) is 4.87. The lowest BCUT2D eigenvalue weighted by molar-refractivity contribution is 0.392. The molecule has 1 atom stereocenters. The van der Waals surface area contributed by atoms with Gasteiger partial charge in [-0.2, -0.15) is 0 Å². The molecule has 2 N–H and O–H groups in total. The Bertz CT molecular complexity index is 362. The summed E-state index contributed by atoms with van der Waals surface area (Å²) in [5.41, 5.74) is 0. The van der Waals surface area contributed by atoms with Crippen molar-refractivity contribution in [3.8, 4) is 0 Å². The van der Waals surface area contributed by atoms with E-state index >= 15 is 0 Å². The number of rotatable bonds is 5. The molecule has 5 heteroatoms. The molecule has 0 spiro atoms. The summed E-state index contributed by atoms with van der Waals surface area (Å²) in [5.74, 6) is 2.60. The third-order valence-corrected chi connectivity index (χ3v) is 3.49. The van der Waals surface area contributed by atoms with Crippen LogP contribution in [0.1, 0.15) is 19.8 Å². The molecule has 0 saturated carbocycles. The maximum atomic E-state index is 4.27. The van der Waals surface area contributed by atoms with Crippen LogP contribution in [0.25, 0.3) is 0 Å². The van der Waals surface area contributed by atoms with Crippen molar-refractivity contribution in [2.45, 2.75) is 19.8 Å². The highest BCUT2D eigenvalue weighted by molar-refractivity contribution is 5.47. The zero-order valence-corrected chi connectivity index (χ0v) is 11.3. The van der Waals surface area contributed by atoms with E-state index in [1.165, 1.54) is 12.8 Å². The quantitative estimate of drug-likeness (QED) is 0.825. The first-order valence-electron chi connectivity index (χ1n) is 6.77. The Morgan fingerprint density at radius 1 is 1.50 bits per heavy atom. The summed E-state index contributed by atoms with van der Waals surface area (Å²) in [6.07, 6.45) is 4.20. The number of nitrogens with zero attached hydrogens (tertiary/aromatic N) is 3. The predicted molar refractivity (Wildman–Crippen MR) is 75.1 cm³/mol. The third kappa shape index (κ3) is 3.57. The molecule has 1 aliphatic heterocycles. The number of piperidine rings is 1. The molecule has 1 aliphatic rings. The number of nitrogens with one attached hydrogen (secondary N) is 2. The highest BCUT2D eigenvalue weighted by Crippen LogP contribution is 2.14. The van der Waals surface area contributed by atoms with Gasteiger partial charge < -0.3 is 15.5 Å². The number of anilines is 2. The molecule has 0 radical (unpaired) electrons. The second-order valence-corrected chi connectivity index (χ2v) is 4.87. The average Bonchev–Trinajstić information content (AvgIpc) is 2.45. The lowest BCUT2D eigenvalue weighted by atomic mass is 10.00. The van der Waals surface area contributed by atoms with Crippen molar-refractivity contribution in [3.05, 3.63) is 12.4 Å². The van der Waals surface area contributed by atoms with Crippen molar-refractivity contribution in [2.75, 3.05) is 43.4 Å². The molecule has 0 amide bonds. The molecule has 2 heterocycles. The maximum absolute atomic E-state index is 4.27. The third-order valence-electron chi connectivity index (χ3n) is 3.49. The average molecular weight is 249 g/mol. The van der Waals surface area contributed by atoms with Crippen molar-refractivity contribution in [2.24, 2.45) is 5.92 Å². The molecule has 0 aromatic carbocycles. The van der Waals surface area contributed by atoms with Gasteiger partial charge in [-0.25, -0.2) is 9.97 Å². The second kappa shape index (κ2) is 6.54. The molecule has 18 heavy (non-hydrogen) atoms. The highest BCUT2D eigenvalue weighted by Gasteiger charge is 2.12. The van der Waals surface area contributed by atoms with Gasteiger partial charge in [-0.3, -0.25) is 0 Å². The minimum atomic E-state index is 0.709. The largest absolute Gasteiger partial charge is 0.370 e. The normalized spacial score (nSPS) is 19.6. The van der Waals surface area contributed by atoms with E-state index in [0.29, 0.717) is 5.92 Å². The molecule has 0 bridgehead atoms. The first-order chi connectivity index (χ1) is 8.79. The van der Waals surface area contributed by atoms with Gasteiger partial charge >= 0.3 is 0 Å². The summed E-state index contributed by atoms with van der Waals surface area (Å²) in [7, 11) is 2.04. The summed E-state index contributed by atoms with van der Waals surface area (Å²) >= 11 is 0. The van der Waals surface area contributed by atoms with Gasteiger partial charge in [0.25, 0.3) is 0 Å². The fourth-order valence-electron chi connectivity index (χ4n) is 2.16. The van der Waals surface area contributed by atoms with Gasteiger partial charge in [-0.05, 0) is 38.8 Å². The first kappa shape index (κ1) is 13.1. The fraction of sp³-hybridized carbons (Fsp3) is 0.692. The Morgan fingerprint density at radius 2 is 2.39 bits per heavy atom. The van der Waals surface area contributed by atoms with Crippen LogP contribution in [0.15, 0.2) is 12.4 Å². The fourth-order valence-corrected chi connectivity index (χ4v) is 2.16. The van der Waals surface area contributed by atoms with Gasteiger partial charge in [0.05, 0.1) is 0 Å². The SMILES string of the molecule is CCN(C)c1cc(NCC2CCCNC2)ncn1. The van der Waals surface area contributed by atoms with Gasteiger partial charge in [-0.1, -0.05) is 0 Å². The van der Waals surface area contributed by atoms with Crippen molar-refractivity contribution in [1.29, 1.82) is 0 Å². The van der Waals surface area contributed by atoms with E-state index in [1.54, 1.807) is 6.33 Å². The maximum Gasteiger partial charge on any atom is 0.133 e. The van der Waals surface area contributed by atoms with Gasteiger partial charge in [0.2, 0.25) is 0 Å². The molecule has 1 aromatic rings. The van der Waals surface area contributed by atoms with Crippen LogP contribution < -0.4 is 15.5 Å². The highest BCUT2D eigenvalue weighted by atomic mass is 15.2. The van der Waals surface area contributed by atoms with Crippen LogP contribution in [0.5, 0.6) is 0 Å². The minimum Gasteiger partial charge on any atom is -0.370 e. The van der Waals surface area contributed by atoms with Gasteiger partial charge in [-0.15, -0.1) is 0 Å². The van der Waals surface area contributed by atoms with Gasteiger partial charge in [0.15, 0.2) is 0 Å². The molecule has 1 saturated heterocycles. The molecule has 2 rings (SSSR count). The molecule has 0 aliphatic carbocycles.